The largest absolute Gasteiger partial charge is 0.379 e. The third-order valence-corrected chi connectivity index (χ3v) is 3.95. The van der Waals surface area contributed by atoms with E-state index >= 15 is 0 Å². The van der Waals surface area contributed by atoms with E-state index in [9.17, 15) is 4.79 Å². The molecule has 0 radical (unpaired) electrons. The lowest BCUT2D eigenvalue weighted by Crippen LogP contribution is -2.51. The lowest BCUT2D eigenvalue weighted by atomic mass is 9.83. The fraction of sp³-hybridized carbons (Fsp3) is 0.500. The third-order valence-electron chi connectivity index (χ3n) is 3.95. The Bertz CT molecular complexity index is 452. The highest BCUT2D eigenvalue weighted by molar-refractivity contribution is 5.79. The molecule has 3 rings (SSSR count). The maximum absolute atomic E-state index is 11.9. The van der Waals surface area contributed by atoms with Gasteiger partial charge in [0.1, 0.15) is 0 Å². The Labute approximate surface area is 107 Å². The van der Waals surface area contributed by atoms with Crippen LogP contribution in [0.25, 0.3) is 0 Å². The molecule has 1 spiro atoms. The second kappa shape index (κ2) is 4.61. The van der Waals surface area contributed by atoms with Crippen molar-refractivity contribution in [1.29, 1.82) is 0 Å². The number of benzene rings is 1. The quantitative estimate of drug-likeness (QED) is 0.644. The highest BCUT2D eigenvalue weighted by Gasteiger charge is 2.35. The van der Waals surface area contributed by atoms with Crippen LogP contribution in [0.4, 0.5) is 5.69 Å². The monoisotopic (exact) mass is 245 g/mol. The average Bonchev–Trinajstić information content (AvgIpc) is 2.37. The molecule has 0 bridgehead atoms. The minimum absolute atomic E-state index is 0.0775. The van der Waals surface area contributed by atoms with Gasteiger partial charge in [-0.15, -0.1) is 0 Å². The van der Waals surface area contributed by atoms with Gasteiger partial charge in [0, 0.05) is 24.2 Å². The van der Waals surface area contributed by atoms with Crippen molar-refractivity contribution < 1.29 is 4.79 Å². The van der Waals surface area contributed by atoms with E-state index in [0.717, 1.165) is 25.9 Å². The van der Waals surface area contributed by atoms with Crippen LogP contribution in [0.2, 0.25) is 0 Å². The van der Waals surface area contributed by atoms with E-state index in [-0.39, 0.29) is 11.4 Å². The highest BCUT2D eigenvalue weighted by atomic mass is 16.1. The molecular weight excluding hydrogens is 226 g/mol. The summed E-state index contributed by atoms with van der Waals surface area (Å²) in [4.78, 5) is 11.9. The van der Waals surface area contributed by atoms with Crippen LogP contribution in [-0.2, 0) is 11.3 Å². The number of piperidine rings is 1. The highest BCUT2D eigenvalue weighted by Crippen LogP contribution is 2.30. The lowest BCUT2D eigenvalue weighted by Gasteiger charge is -2.40. The Morgan fingerprint density at radius 2 is 1.89 bits per heavy atom. The molecule has 4 heteroatoms. The summed E-state index contributed by atoms with van der Waals surface area (Å²) in [5, 5.41) is 10.0. The number of amides is 1. The molecular formula is C14H19N3O. The summed E-state index contributed by atoms with van der Waals surface area (Å²) < 4.78 is 0. The second-order valence-corrected chi connectivity index (χ2v) is 5.27. The zero-order valence-corrected chi connectivity index (χ0v) is 10.5. The van der Waals surface area contributed by atoms with Crippen LogP contribution < -0.4 is 16.0 Å². The fourth-order valence-corrected chi connectivity index (χ4v) is 2.90. The van der Waals surface area contributed by atoms with Crippen molar-refractivity contribution >= 4 is 11.6 Å². The summed E-state index contributed by atoms with van der Waals surface area (Å²) >= 11 is 0. The molecule has 18 heavy (non-hydrogen) atoms. The summed E-state index contributed by atoms with van der Waals surface area (Å²) in [6, 6.07) is 8.24. The van der Waals surface area contributed by atoms with Gasteiger partial charge in [0.15, 0.2) is 0 Å². The maximum atomic E-state index is 11.9. The summed E-state index contributed by atoms with van der Waals surface area (Å²) in [6.07, 6.45) is 2.56. The number of rotatable bonds is 0. The van der Waals surface area contributed by atoms with Crippen LogP contribution >= 0.6 is 0 Å². The Balaban J connectivity index is 1.94. The van der Waals surface area contributed by atoms with Crippen LogP contribution in [0, 0.1) is 0 Å². The maximum Gasteiger partial charge on any atom is 0.222 e. The summed E-state index contributed by atoms with van der Waals surface area (Å²) in [5.41, 5.74) is 2.26. The van der Waals surface area contributed by atoms with Crippen molar-refractivity contribution in [3.05, 3.63) is 29.8 Å². The Kier molecular flexibility index (Phi) is 2.96. The zero-order valence-electron chi connectivity index (χ0n) is 10.5. The third kappa shape index (κ3) is 2.20. The van der Waals surface area contributed by atoms with Crippen molar-refractivity contribution in [3.63, 3.8) is 0 Å². The van der Waals surface area contributed by atoms with Crippen LogP contribution in [0.15, 0.2) is 24.3 Å². The summed E-state index contributed by atoms with van der Waals surface area (Å²) in [7, 11) is 0. The van der Waals surface area contributed by atoms with E-state index in [1.807, 2.05) is 12.1 Å². The van der Waals surface area contributed by atoms with Crippen molar-refractivity contribution in [1.82, 2.24) is 10.6 Å². The number of anilines is 1. The first kappa shape index (κ1) is 11.5. The minimum Gasteiger partial charge on any atom is -0.379 e. The van der Waals surface area contributed by atoms with E-state index in [2.05, 4.69) is 28.1 Å². The van der Waals surface area contributed by atoms with E-state index in [1.54, 1.807) is 0 Å². The van der Waals surface area contributed by atoms with Crippen LogP contribution in [0.5, 0.6) is 0 Å². The van der Waals surface area contributed by atoms with Gasteiger partial charge in [-0.05, 0) is 37.6 Å². The van der Waals surface area contributed by atoms with Gasteiger partial charge >= 0.3 is 0 Å². The van der Waals surface area contributed by atoms with E-state index in [0.29, 0.717) is 13.0 Å². The van der Waals surface area contributed by atoms with Gasteiger partial charge in [-0.2, -0.15) is 0 Å². The number of carbonyl (C=O) groups excluding carboxylic acids is 1. The molecule has 2 heterocycles. The molecule has 0 saturated carbocycles. The number of carbonyl (C=O) groups is 1. The zero-order chi connectivity index (χ0) is 12.4. The molecule has 0 atom stereocenters. The van der Waals surface area contributed by atoms with Crippen molar-refractivity contribution in [2.75, 3.05) is 18.4 Å². The van der Waals surface area contributed by atoms with Crippen LogP contribution in [-0.4, -0.2) is 24.5 Å². The number of hydrogen-bond acceptors (Lipinski definition) is 3. The molecule has 4 nitrogen and oxygen atoms in total. The molecule has 1 saturated heterocycles. The number of nitrogens with one attached hydrogen (secondary N) is 3. The van der Waals surface area contributed by atoms with Crippen LogP contribution in [0.1, 0.15) is 24.8 Å². The Morgan fingerprint density at radius 1 is 1.11 bits per heavy atom. The summed E-state index contributed by atoms with van der Waals surface area (Å²) in [5.74, 6) is 0.152. The fourth-order valence-electron chi connectivity index (χ4n) is 2.90. The molecule has 1 aromatic carbocycles. The standard InChI is InChI=1S/C14H19N3O/c18-13-9-14(5-7-15-8-6-14)17-12-4-2-1-3-11(12)10-16-13/h1-4,15,17H,5-10H2,(H,16,18). The summed E-state index contributed by atoms with van der Waals surface area (Å²) in [6.45, 7) is 2.57. The van der Waals surface area contributed by atoms with Gasteiger partial charge < -0.3 is 16.0 Å². The molecule has 2 aliphatic rings. The van der Waals surface area contributed by atoms with Gasteiger partial charge in [-0.1, -0.05) is 18.2 Å². The second-order valence-electron chi connectivity index (χ2n) is 5.27. The first-order chi connectivity index (χ1) is 8.77. The molecule has 0 unspecified atom stereocenters. The Hall–Kier alpha value is -1.55. The predicted molar refractivity (Wildman–Crippen MR) is 71.4 cm³/mol. The molecule has 1 amide bonds. The molecule has 96 valence electrons. The van der Waals surface area contributed by atoms with E-state index < -0.39 is 0 Å². The van der Waals surface area contributed by atoms with Gasteiger partial charge in [0.05, 0.1) is 0 Å². The molecule has 2 aliphatic heterocycles. The first-order valence-corrected chi connectivity index (χ1v) is 6.61. The molecule has 0 aromatic heterocycles. The lowest BCUT2D eigenvalue weighted by molar-refractivity contribution is -0.122. The number of para-hydroxylation sites is 1. The predicted octanol–water partition coefficient (Wildman–Crippen LogP) is 1.24. The number of fused-ring (bicyclic) bond motifs is 1. The SMILES string of the molecule is O=C1CC2(CCNCC2)Nc2ccccc2CN1. The minimum atomic E-state index is -0.0775. The van der Waals surface area contributed by atoms with Gasteiger partial charge in [-0.25, -0.2) is 0 Å². The van der Waals surface area contributed by atoms with Gasteiger partial charge in [0.25, 0.3) is 0 Å². The Morgan fingerprint density at radius 3 is 2.72 bits per heavy atom. The topological polar surface area (TPSA) is 53.2 Å². The molecule has 0 aliphatic carbocycles. The smallest absolute Gasteiger partial charge is 0.222 e. The van der Waals surface area contributed by atoms with Crippen molar-refractivity contribution in [3.8, 4) is 0 Å². The number of hydrogen-bond donors (Lipinski definition) is 3. The molecule has 1 fully saturated rings. The first-order valence-electron chi connectivity index (χ1n) is 6.61. The van der Waals surface area contributed by atoms with Crippen molar-refractivity contribution in [2.24, 2.45) is 0 Å². The normalized spacial score (nSPS) is 22.3. The van der Waals surface area contributed by atoms with E-state index in [4.69, 9.17) is 0 Å². The van der Waals surface area contributed by atoms with Crippen molar-refractivity contribution in [2.45, 2.75) is 31.3 Å². The average molecular weight is 245 g/mol. The van der Waals surface area contributed by atoms with Gasteiger partial charge in [-0.3, -0.25) is 4.79 Å². The molecule has 3 N–H and O–H groups in total. The van der Waals surface area contributed by atoms with Gasteiger partial charge in [0.2, 0.25) is 5.91 Å². The van der Waals surface area contributed by atoms with E-state index in [1.165, 1.54) is 11.3 Å². The molecule has 1 aromatic rings. The van der Waals surface area contributed by atoms with Crippen LogP contribution in [0.3, 0.4) is 0 Å².